The number of halogens is 2. The van der Waals surface area contributed by atoms with Gasteiger partial charge in [0.15, 0.2) is 0 Å². The number of nitrogens with one attached hydrogen (secondary N) is 1. The maximum absolute atomic E-state index is 13.7. The van der Waals surface area contributed by atoms with E-state index < -0.39 is 28.5 Å². The number of unbranched alkanes of at least 4 members (excludes halogenated alkanes) is 1. The normalized spacial score (nSPS) is 12.1. The molecule has 0 heterocycles. The zero-order valence-corrected chi connectivity index (χ0v) is 24.0. The molecule has 0 saturated heterocycles. The Kier molecular flexibility index (Phi) is 12.0. The van der Waals surface area contributed by atoms with Gasteiger partial charge in [-0.25, -0.2) is 8.42 Å². The van der Waals surface area contributed by atoms with Crippen molar-refractivity contribution in [2.75, 3.05) is 30.3 Å². The Hall–Kier alpha value is -2.49. The summed E-state index contributed by atoms with van der Waals surface area (Å²) in [4.78, 5) is 28.2. The fourth-order valence-electron chi connectivity index (χ4n) is 3.75. The van der Waals surface area contributed by atoms with Crippen molar-refractivity contribution in [3.63, 3.8) is 0 Å². The van der Waals surface area contributed by atoms with Crippen molar-refractivity contribution in [2.45, 2.75) is 52.6 Å². The molecule has 8 nitrogen and oxygen atoms in total. The highest BCUT2D eigenvalue weighted by Gasteiger charge is 2.32. The number of amides is 2. The Morgan fingerprint density at radius 2 is 1.73 bits per heavy atom. The van der Waals surface area contributed by atoms with Gasteiger partial charge in [0.25, 0.3) is 0 Å². The highest BCUT2D eigenvalue weighted by molar-refractivity contribution is 7.92. The fourth-order valence-corrected chi connectivity index (χ4v) is 5.07. The number of carbonyl (C=O) groups excluding carboxylic acids is 2. The van der Waals surface area contributed by atoms with Gasteiger partial charge < -0.3 is 15.0 Å². The zero-order chi connectivity index (χ0) is 27.6. The van der Waals surface area contributed by atoms with Gasteiger partial charge in [0.2, 0.25) is 21.8 Å². The highest BCUT2D eigenvalue weighted by Crippen LogP contribution is 2.25. The molecular weight excluding hydrogens is 537 g/mol. The summed E-state index contributed by atoms with van der Waals surface area (Å²) in [5.74, 6) is -0.260. The third-order valence-corrected chi connectivity index (χ3v) is 7.41. The van der Waals surface area contributed by atoms with Crippen LogP contribution in [0.15, 0.2) is 42.5 Å². The van der Waals surface area contributed by atoms with Gasteiger partial charge in [0, 0.05) is 23.1 Å². The summed E-state index contributed by atoms with van der Waals surface area (Å²) in [6, 6.07) is 10.5. The minimum absolute atomic E-state index is 0.00934. The molecule has 0 fully saturated rings. The van der Waals surface area contributed by atoms with Gasteiger partial charge >= 0.3 is 0 Å². The smallest absolute Gasteiger partial charge is 0.244 e. The number of benzene rings is 2. The van der Waals surface area contributed by atoms with E-state index in [1.165, 1.54) is 4.90 Å². The molecule has 0 aliphatic heterocycles. The van der Waals surface area contributed by atoms with E-state index in [0.717, 1.165) is 23.4 Å². The van der Waals surface area contributed by atoms with Gasteiger partial charge in [-0.1, -0.05) is 49.5 Å². The van der Waals surface area contributed by atoms with Gasteiger partial charge in [0.05, 0.1) is 18.6 Å². The quantitative estimate of drug-likeness (QED) is 0.326. The maximum atomic E-state index is 13.7. The molecule has 0 aliphatic carbocycles. The van der Waals surface area contributed by atoms with E-state index in [-0.39, 0.29) is 12.5 Å². The molecule has 0 unspecified atom stereocenters. The van der Waals surface area contributed by atoms with Gasteiger partial charge in [-0.2, -0.15) is 0 Å². The minimum atomic E-state index is -3.83. The molecular formula is C26H35Cl2N3O5S. The third-order valence-electron chi connectivity index (χ3n) is 5.69. The van der Waals surface area contributed by atoms with Gasteiger partial charge in [-0.05, 0) is 61.7 Å². The molecule has 0 radical (unpaired) electrons. The lowest BCUT2D eigenvalue weighted by Gasteiger charge is -2.33. The van der Waals surface area contributed by atoms with Crippen LogP contribution in [0.25, 0.3) is 0 Å². The molecule has 1 N–H and O–H groups in total. The molecule has 11 heteroatoms. The van der Waals surface area contributed by atoms with E-state index in [1.807, 2.05) is 13.8 Å². The zero-order valence-electron chi connectivity index (χ0n) is 21.7. The van der Waals surface area contributed by atoms with Crippen LogP contribution >= 0.6 is 23.2 Å². The second-order valence-corrected chi connectivity index (χ2v) is 11.3. The Labute approximate surface area is 229 Å². The van der Waals surface area contributed by atoms with E-state index in [0.29, 0.717) is 46.6 Å². The van der Waals surface area contributed by atoms with Crippen molar-refractivity contribution in [1.29, 1.82) is 0 Å². The van der Waals surface area contributed by atoms with E-state index in [1.54, 1.807) is 49.4 Å². The third kappa shape index (κ3) is 9.09. The lowest BCUT2D eigenvalue weighted by molar-refractivity contribution is -0.140. The number of hydrogen-bond acceptors (Lipinski definition) is 5. The largest absolute Gasteiger partial charge is 0.494 e. The topological polar surface area (TPSA) is 96.0 Å². The first-order valence-corrected chi connectivity index (χ1v) is 14.8. The molecule has 2 aromatic rings. The summed E-state index contributed by atoms with van der Waals surface area (Å²) in [6.07, 6.45) is 3.08. The van der Waals surface area contributed by atoms with E-state index in [4.69, 9.17) is 27.9 Å². The first-order valence-electron chi connectivity index (χ1n) is 12.2. The molecule has 2 rings (SSSR count). The van der Waals surface area contributed by atoms with Crippen molar-refractivity contribution in [1.82, 2.24) is 10.2 Å². The number of hydrogen-bond donors (Lipinski definition) is 1. The monoisotopic (exact) mass is 571 g/mol. The Bertz CT molecular complexity index is 1160. The summed E-state index contributed by atoms with van der Waals surface area (Å²) in [5, 5.41) is 3.67. The van der Waals surface area contributed by atoms with Crippen molar-refractivity contribution in [3.8, 4) is 5.75 Å². The lowest BCUT2D eigenvalue weighted by Crippen LogP contribution is -2.52. The van der Waals surface area contributed by atoms with Gasteiger partial charge in [-0.15, -0.1) is 0 Å². The second-order valence-electron chi connectivity index (χ2n) is 8.52. The second kappa shape index (κ2) is 14.4. The summed E-state index contributed by atoms with van der Waals surface area (Å²) in [7, 11) is -3.83. The first-order chi connectivity index (χ1) is 17.5. The Morgan fingerprint density at radius 3 is 2.27 bits per heavy atom. The molecule has 2 amide bonds. The summed E-state index contributed by atoms with van der Waals surface area (Å²) in [5.41, 5.74) is 0.899. The predicted octanol–water partition coefficient (Wildman–Crippen LogP) is 4.88. The Balaban J connectivity index is 2.42. The number of ether oxygens (including phenoxy) is 1. The number of nitrogens with zero attached hydrogens (tertiary/aromatic N) is 2. The SMILES string of the molecule is CCCCNC(=O)[C@@H](CC)N(Cc1ccc(Cl)cc1Cl)C(=O)CN(c1ccc(OCC)cc1)S(C)(=O)=O. The molecule has 0 bridgehead atoms. The van der Waals surface area contributed by atoms with Crippen LogP contribution in [0.1, 0.15) is 45.6 Å². The van der Waals surface area contributed by atoms with E-state index in [9.17, 15) is 18.0 Å². The minimum Gasteiger partial charge on any atom is -0.494 e. The Morgan fingerprint density at radius 1 is 1.05 bits per heavy atom. The van der Waals surface area contributed by atoms with E-state index >= 15 is 0 Å². The maximum Gasteiger partial charge on any atom is 0.244 e. The number of anilines is 1. The van der Waals surface area contributed by atoms with E-state index in [2.05, 4.69) is 5.32 Å². The fraction of sp³-hybridized carbons (Fsp3) is 0.462. The lowest BCUT2D eigenvalue weighted by atomic mass is 10.1. The molecule has 0 saturated carbocycles. The molecule has 0 aliphatic rings. The molecule has 204 valence electrons. The summed E-state index contributed by atoms with van der Waals surface area (Å²) < 4.78 is 31.9. The van der Waals surface area contributed by atoms with Crippen LogP contribution in [0.2, 0.25) is 10.0 Å². The molecule has 37 heavy (non-hydrogen) atoms. The standard InChI is InChI=1S/C26H35Cl2N3O5S/c1-5-8-15-29-26(33)24(6-2)30(17-19-9-10-20(27)16-23(19)28)25(32)18-31(37(4,34)35)21-11-13-22(14-12-21)36-7-3/h9-14,16,24H,5-8,15,17-18H2,1-4H3,(H,29,33)/t24-/m1/s1. The van der Waals surface area contributed by atoms with Crippen LogP contribution in [-0.2, 0) is 26.2 Å². The summed E-state index contributed by atoms with van der Waals surface area (Å²) >= 11 is 12.4. The first kappa shape index (κ1) is 30.7. The molecule has 0 aromatic heterocycles. The number of rotatable bonds is 14. The van der Waals surface area contributed by atoms with Crippen LogP contribution in [0.5, 0.6) is 5.75 Å². The van der Waals surface area contributed by atoms with Gasteiger partial charge in [0.1, 0.15) is 18.3 Å². The molecule has 2 aromatic carbocycles. The highest BCUT2D eigenvalue weighted by atomic mass is 35.5. The van der Waals surface area contributed by atoms with Crippen LogP contribution in [-0.4, -0.2) is 57.1 Å². The predicted molar refractivity (Wildman–Crippen MR) is 149 cm³/mol. The van der Waals surface area contributed by atoms with Gasteiger partial charge in [-0.3, -0.25) is 13.9 Å². The average molecular weight is 573 g/mol. The van der Waals surface area contributed by atoms with Crippen molar-refractivity contribution in [3.05, 3.63) is 58.1 Å². The van der Waals surface area contributed by atoms with Crippen LogP contribution in [0.4, 0.5) is 5.69 Å². The average Bonchev–Trinajstić information content (AvgIpc) is 2.84. The summed E-state index contributed by atoms with van der Waals surface area (Å²) in [6.45, 7) is 6.13. The van der Waals surface area contributed by atoms with Crippen molar-refractivity contribution < 1.29 is 22.7 Å². The van der Waals surface area contributed by atoms with Crippen molar-refractivity contribution in [2.24, 2.45) is 0 Å². The number of sulfonamides is 1. The molecule has 1 atom stereocenters. The van der Waals surface area contributed by atoms with Crippen LogP contribution in [0, 0.1) is 0 Å². The van der Waals surface area contributed by atoms with Crippen LogP contribution in [0.3, 0.4) is 0 Å². The molecule has 0 spiro atoms. The van der Waals surface area contributed by atoms with Crippen LogP contribution < -0.4 is 14.4 Å². The number of carbonyl (C=O) groups is 2. The van der Waals surface area contributed by atoms with Crippen molar-refractivity contribution >= 4 is 50.7 Å².